The van der Waals surface area contributed by atoms with E-state index < -0.39 is 5.97 Å². The average Bonchev–Trinajstić information content (AvgIpc) is 3.08. The van der Waals surface area contributed by atoms with E-state index in [0.717, 1.165) is 24.1 Å². The molecule has 2 heterocycles. The molecule has 0 spiro atoms. The molecule has 3 rings (SSSR count). The van der Waals surface area contributed by atoms with Gasteiger partial charge < -0.3 is 9.67 Å². The van der Waals surface area contributed by atoms with Crippen molar-refractivity contribution < 1.29 is 9.90 Å². The molecule has 1 aliphatic heterocycles. The van der Waals surface area contributed by atoms with Crippen LogP contribution in [0.1, 0.15) is 44.3 Å². The number of carboxylic acid groups (broad SMARTS) is 1. The molecule has 1 atom stereocenters. The van der Waals surface area contributed by atoms with Crippen LogP contribution in [0.5, 0.6) is 0 Å². The second kappa shape index (κ2) is 6.36. The highest BCUT2D eigenvalue weighted by Gasteiger charge is 2.32. The summed E-state index contributed by atoms with van der Waals surface area (Å²) in [6.45, 7) is 5.34. The van der Waals surface area contributed by atoms with E-state index in [1.807, 2.05) is 0 Å². The molecule has 2 aliphatic rings. The van der Waals surface area contributed by atoms with Gasteiger partial charge in [0.05, 0.1) is 5.75 Å². The van der Waals surface area contributed by atoms with Gasteiger partial charge in [0.15, 0.2) is 5.16 Å². The normalized spacial score (nSPS) is 22.8. The molecule has 1 N–H and O–H groups in total. The van der Waals surface area contributed by atoms with Gasteiger partial charge in [0, 0.05) is 18.5 Å². The quantitative estimate of drug-likeness (QED) is 0.775. The van der Waals surface area contributed by atoms with Gasteiger partial charge >= 0.3 is 5.97 Å². The molecule has 6 nitrogen and oxygen atoms in total. The number of aromatic nitrogens is 3. The van der Waals surface area contributed by atoms with Crippen LogP contribution in [0, 0.1) is 0 Å². The molecule has 1 saturated heterocycles. The Bertz CT molecular complexity index is 515. The van der Waals surface area contributed by atoms with Crippen LogP contribution in [0.25, 0.3) is 0 Å². The molecule has 0 radical (unpaired) electrons. The van der Waals surface area contributed by atoms with Crippen molar-refractivity contribution in [2.75, 3.05) is 18.8 Å². The van der Waals surface area contributed by atoms with Crippen LogP contribution >= 0.6 is 11.8 Å². The third-order valence-electron chi connectivity index (χ3n) is 4.31. The molecule has 1 saturated carbocycles. The monoisotopic (exact) mass is 310 g/mol. The van der Waals surface area contributed by atoms with E-state index in [1.165, 1.54) is 44.0 Å². The van der Waals surface area contributed by atoms with Crippen molar-refractivity contribution in [3.8, 4) is 0 Å². The first kappa shape index (κ1) is 14.8. The van der Waals surface area contributed by atoms with Gasteiger partial charge in [-0.3, -0.25) is 9.69 Å². The molecule has 0 amide bonds. The summed E-state index contributed by atoms with van der Waals surface area (Å²) in [4.78, 5) is 13.3. The largest absolute Gasteiger partial charge is 0.481 e. The Hall–Kier alpha value is -1.08. The summed E-state index contributed by atoms with van der Waals surface area (Å²) in [6, 6.07) is 0.535. The third-order valence-corrected chi connectivity index (χ3v) is 5.26. The molecule has 0 bridgehead atoms. The number of hydrogen-bond acceptors (Lipinski definition) is 5. The zero-order valence-electron chi connectivity index (χ0n) is 12.4. The minimum Gasteiger partial charge on any atom is -0.481 e. The third kappa shape index (κ3) is 3.40. The highest BCUT2D eigenvalue weighted by atomic mass is 32.2. The van der Waals surface area contributed by atoms with Crippen LogP contribution in [-0.2, 0) is 11.3 Å². The Kier molecular flexibility index (Phi) is 4.49. The fourth-order valence-electron chi connectivity index (χ4n) is 3.08. The number of likely N-dealkylation sites (tertiary alicyclic amines) is 1. The average molecular weight is 310 g/mol. The van der Waals surface area contributed by atoms with Gasteiger partial charge in [0.2, 0.25) is 0 Å². The summed E-state index contributed by atoms with van der Waals surface area (Å²) in [5.74, 6) is 0.836. The maximum Gasteiger partial charge on any atom is 0.313 e. The van der Waals surface area contributed by atoms with Crippen molar-refractivity contribution in [3.05, 3.63) is 5.82 Å². The van der Waals surface area contributed by atoms with E-state index in [0.29, 0.717) is 12.0 Å². The van der Waals surface area contributed by atoms with Gasteiger partial charge in [0.25, 0.3) is 0 Å². The number of rotatable bonds is 7. The standard InChI is InChI=1S/C14H22N4O2S/c1-2-17-7-3-4-11(17)8-18-13(10-5-6-10)15-16-14(18)21-9-12(19)20/h10-11H,2-9H2,1H3,(H,19,20). The minimum absolute atomic E-state index is 0.0466. The molecule has 21 heavy (non-hydrogen) atoms. The number of likely N-dealkylation sites (N-methyl/N-ethyl adjacent to an activating group) is 1. The van der Waals surface area contributed by atoms with Crippen molar-refractivity contribution in [2.24, 2.45) is 0 Å². The highest BCUT2D eigenvalue weighted by Crippen LogP contribution is 2.40. The van der Waals surface area contributed by atoms with Crippen LogP contribution in [0.15, 0.2) is 5.16 Å². The first-order valence-electron chi connectivity index (χ1n) is 7.70. The number of nitrogens with zero attached hydrogens (tertiary/aromatic N) is 4. The molecule has 1 aromatic heterocycles. The number of carbonyl (C=O) groups is 1. The Labute approximate surface area is 128 Å². The SMILES string of the molecule is CCN1CCCC1Cn1c(SCC(=O)O)nnc1C1CC1. The smallest absolute Gasteiger partial charge is 0.313 e. The summed E-state index contributed by atoms with van der Waals surface area (Å²) in [5.41, 5.74) is 0. The lowest BCUT2D eigenvalue weighted by molar-refractivity contribution is -0.133. The molecule has 1 aliphatic carbocycles. The van der Waals surface area contributed by atoms with Crippen molar-refractivity contribution in [2.45, 2.75) is 56.3 Å². The highest BCUT2D eigenvalue weighted by molar-refractivity contribution is 7.99. The van der Waals surface area contributed by atoms with Crippen LogP contribution in [-0.4, -0.2) is 55.6 Å². The van der Waals surface area contributed by atoms with Crippen LogP contribution < -0.4 is 0 Å². The summed E-state index contributed by atoms with van der Waals surface area (Å²) in [7, 11) is 0. The van der Waals surface area contributed by atoms with Crippen molar-refractivity contribution in [1.29, 1.82) is 0 Å². The predicted octanol–water partition coefficient (Wildman–Crippen LogP) is 1.82. The van der Waals surface area contributed by atoms with E-state index in [-0.39, 0.29) is 5.75 Å². The molecule has 1 unspecified atom stereocenters. The molecule has 2 fully saturated rings. The second-order valence-electron chi connectivity index (χ2n) is 5.83. The fraction of sp³-hybridized carbons (Fsp3) is 0.786. The van der Waals surface area contributed by atoms with E-state index in [9.17, 15) is 4.79 Å². The zero-order valence-corrected chi connectivity index (χ0v) is 13.2. The van der Waals surface area contributed by atoms with E-state index >= 15 is 0 Å². The van der Waals surface area contributed by atoms with E-state index in [1.54, 1.807) is 0 Å². The summed E-state index contributed by atoms with van der Waals surface area (Å²) in [5, 5.41) is 18.2. The number of aliphatic carboxylic acids is 1. The minimum atomic E-state index is -0.807. The van der Waals surface area contributed by atoms with E-state index in [4.69, 9.17) is 5.11 Å². The summed E-state index contributed by atoms with van der Waals surface area (Å²) >= 11 is 1.28. The molecule has 116 valence electrons. The van der Waals surface area contributed by atoms with Crippen molar-refractivity contribution in [1.82, 2.24) is 19.7 Å². The predicted molar refractivity (Wildman–Crippen MR) is 80.6 cm³/mol. The van der Waals surface area contributed by atoms with Gasteiger partial charge in [-0.1, -0.05) is 18.7 Å². The van der Waals surface area contributed by atoms with Gasteiger partial charge in [-0.2, -0.15) is 0 Å². The van der Waals surface area contributed by atoms with Gasteiger partial charge in [0.1, 0.15) is 5.82 Å². The van der Waals surface area contributed by atoms with Crippen molar-refractivity contribution >= 4 is 17.7 Å². The zero-order chi connectivity index (χ0) is 14.8. The topological polar surface area (TPSA) is 71.2 Å². The van der Waals surface area contributed by atoms with Gasteiger partial charge in [-0.05, 0) is 38.8 Å². The fourth-order valence-corrected chi connectivity index (χ4v) is 3.75. The lowest BCUT2D eigenvalue weighted by Crippen LogP contribution is -2.33. The second-order valence-corrected chi connectivity index (χ2v) is 6.78. The maximum absolute atomic E-state index is 10.8. The first-order valence-corrected chi connectivity index (χ1v) is 8.69. The summed E-state index contributed by atoms with van der Waals surface area (Å²) < 4.78 is 2.18. The Morgan fingerprint density at radius 2 is 2.19 bits per heavy atom. The van der Waals surface area contributed by atoms with Crippen LogP contribution in [0.2, 0.25) is 0 Å². The summed E-state index contributed by atoms with van der Waals surface area (Å²) in [6.07, 6.45) is 4.82. The molecular weight excluding hydrogens is 288 g/mol. The molecule has 0 aromatic carbocycles. The van der Waals surface area contributed by atoms with Gasteiger partial charge in [-0.15, -0.1) is 10.2 Å². The lowest BCUT2D eigenvalue weighted by atomic mass is 10.2. The molecule has 7 heteroatoms. The van der Waals surface area contributed by atoms with Crippen LogP contribution in [0.4, 0.5) is 0 Å². The maximum atomic E-state index is 10.8. The first-order chi connectivity index (χ1) is 10.2. The number of thioether (sulfide) groups is 1. The van der Waals surface area contributed by atoms with Gasteiger partial charge in [-0.25, -0.2) is 0 Å². The van der Waals surface area contributed by atoms with Crippen molar-refractivity contribution in [3.63, 3.8) is 0 Å². The number of hydrogen-bond donors (Lipinski definition) is 1. The Balaban J connectivity index is 1.77. The van der Waals surface area contributed by atoms with Crippen LogP contribution in [0.3, 0.4) is 0 Å². The molecular formula is C14H22N4O2S. The lowest BCUT2D eigenvalue weighted by Gasteiger charge is -2.24. The Morgan fingerprint density at radius 1 is 1.38 bits per heavy atom. The number of carboxylic acids is 1. The van der Waals surface area contributed by atoms with E-state index in [2.05, 4.69) is 26.6 Å². The molecule has 1 aromatic rings. The Morgan fingerprint density at radius 3 is 2.86 bits per heavy atom.